The summed E-state index contributed by atoms with van der Waals surface area (Å²) < 4.78 is 0. The van der Waals surface area contributed by atoms with Crippen molar-refractivity contribution in [3.8, 4) is 6.07 Å². The third-order valence-corrected chi connectivity index (χ3v) is 4.51. The second-order valence-electron chi connectivity index (χ2n) is 5.88. The SMILES string of the molecule is Cc1cc(C(=O)NC(c2ccc(Cl)cc2)c2cnc(Cl)nc2)ccc1C#N. The molecule has 0 fully saturated rings. The van der Waals surface area contributed by atoms with Crippen molar-refractivity contribution in [2.24, 2.45) is 0 Å². The summed E-state index contributed by atoms with van der Waals surface area (Å²) in [5.41, 5.74) is 3.24. The Morgan fingerprint density at radius 2 is 1.74 bits per heavy atom. The van der Waals surface area contributed by atoms with Gasteiger partial charge >= 0.3 is 0 Å². The summed E-state index contributed by atoms with van der Waals surface area (Å²) in [6.07, 6.45) is 3.14. The fraction of sp³-hybridized carbons (Fsp3) is 0.100. The lowest BCUT2D eigenvalue weighted by atomic mass is 10.00. The first-order valence-electron chi connectivity index (χ1n) is 8.02. The lowest BCUT2D eigenvalue weighted by Crippen LogP contribution is -2.29. The van der Waals surface area contributed by atoms with Crippen molar-refractivity contribution in [3.63, 3.8) is 0 Å². The Balaban J connectivity index is 1.94. The molecule has 0 spiro atoms. The van der Waals surface area contributed by atoms with Crippen LogP contribution in [0.2, 0.25) is 10.3 Å². The first-order chi connectivity index (χ1) is 13.0. The molecule has 1 N–H and O–H groups in total. The molecule has 0 bridgehead atoms. The molecule has 0 radical (unpaired) electrons. The fourth-order valence-electron chi connectivity index (χ4n) is 2.63. The molecule has 134 valence electrons. The summed E-state index contributed by atoms with van der Waals surface area (Å²) in [4.78, 5) is 20.8. The number of halogens is 2. The van der Waals surface area contributed by atoms with Crippen molar-refractivity contribution >= 4 is 29.1 Å². The maximum Gasteiger partial charge on any atom is 0.252 e. The van der Waals surface area contributed by atoms with Crippen molar-refractivity contribution in [3.05, 3.63) is 93.0 Å². The molecule has 1 atom stereocenters. The lowest BCUT2D eigenvalue weighted by molar-refractivity contribution is 0.0943. The number of nitrogens with one attached hydrogen (secondary N) is 1. The van der Waals surface area contributed by atoms with E-state index < -0.39 is 6.04 Å². The minimum atomic E-state index is -0.483. The summed E-state index contributed by atoms with van der Waals surface area (Å²) >= 11 is 11.8. The number of aromatic nitrogens is 2. The van der Waals surface area contributed by atoms with Crippen LogP contribution in [0.1, 0.15) is 38.7 Å². The lowest BCUT2D eigenvalue weighted by Gasteiger charge is -2.19. The van der Waals surface area contributed by atoms with Crippen LogP contribution in [0.4, 0.5) is 0 Å². The number of nitriles is 1. The van der Waals surface area contributed by atoms with Gasteiger partial charge in [0, 0.05) is 28.5 Å². The number of carbonyl (C=O) groups is 1. The Morgan fingerprint density at radius 1 is 1.07 bits per heavy atom. The summed E-state index contributed by atoms with van der Waals surface area (Å²) in [7, 11) is 0. The van der Waals surface area contributed by atoms with E-state index in [1.165, 1.54) is 0 Å². The second-order valence-corrected chi connectivity index (χ2v) is 6.66. The Bertz CT molecular complexity index is 966. The van der Waals surface area contributed by atoms with Gasteiger partial charge in [0.25, 0.3) is 5.91 Å². The topological polar surface area (TPSA) is 78.7 Å². The van der Waals surface area contributed by atoms with Gasteiger partial charge in [-0.2, -0.15) is 5.26 Å². The number of amides is 1. The number of aryl methyl sites for hydroxylation is 1. The highest BCUT2D eigenvalue weighted by molar-refractivity contribution is 6.30. The van der Waals surface area contributed by atoms with Gasteiger partial charge in [-0.1, -0.05) is 23.7 Å². The molecule has 1 unspecified atom stereocenters. The zero-order chi connectivity index (χ0) is 19.4. The van der Waals surface area contributed by atoms with E-state index >= 15 is 0 Å². The van der Waals surface area contributed by atoms with Crippen molar-refractivity contribution < 1.29 is 4.79 Å². The molecule has 0 aliphatic rings. The van der Waals surface area contributed by atoms with Crippen LogP contribution in [0.5, 0.6) is 0 Å². The molecule has 0 saturated carbocycles. The summed E-state index contributed by atoms with van der Waals surface area (Å²) in [5.74, 6) is -0.280. The molecule has 7 heteroatoms. The molecule has 1 heterocycles. The average molecular weight is 397 g/mol. The highest BCUT2D eigenvalue weighted by atomic mass is 35.5. The Kier molecular flexibility index (Phi) is 5.70. The molecule has 27 heavy (non-hydrogen) atoms. The van der Waals surface area contributed by atoms with Crippen LogP contribution >= 0.6 is 23.2 Å². The molecule has 2 aromatic carbocycles. The van der Waals surface area contributed by atoms with E-state index in [1.807, 2.05) is 12.1 Å². The number of nitrogens with zero attached hydrogens (tertiary/aromatic N) is 3. The molecular weight excluding hydrogens is 383 g/mol. The number of rotatable bonds is 4. The van der Waals surface area contributed by atoms with Crippen LogP contribution < -0.4 is 5.32 Å². The van der Waals surface area contributed by atoms with E-state index in [2.05, 4.69) is 21.4 Å². The number of hydrogen-bond donors (Lipinski definition) is 1. The van der Waals surface area contributed by atoms with E-state index in [-0.39, 0.29) is 11.2 Å². The standard InChI is InChI=1S/C20H14Cl2N4O/c1-12-8-14(2-3-15(12)9-23)19(27)26-18(13-4-6-17(21)7-5-13)16-10-24-20(22)25-11-16/h2-8,10-11,18H,1H3,(H,26,27). The molecule has 3 aromatic rings. The molecule has 5 nitrogen and oxygen atoms in total. The van der Waals surface area contributed by atoms with E-state index in [0.29, 0.717) is 21.7 Å². The molecule has 1 aromatic heterocycles. The molecular formula is C20H14Cl2N4O. The van der Waals surface area contributed by atoms with Gasteiger partial charge in [0.2, 0.25) is 5.28 Å². The van der Waals surface area contributed by atoms with Crippen LogP contribution in [0.25, 0.3) is 0 Å². The predicted molar refractivity (Wildman–Crippen MR) is 104 cm³/mol. The normalized spacial score (nSPS) is 11.5. The maximum atomic E-state index is 12.8. The Labute approximate surface area is 166 Å². The fourth-order valence-corrected chi connectivity index (χ4v) is 2.85. The largest absolute Gasteiger partial charge is 0.341 e. The zero-order valence-electron chi connectivity index (χ0n) is 14.3. The number of carbonyl (C=O) groups excluding carboxylic acids is 1. The molecule has 0 aliphatic heterocycles. The number of hydrogen-bond acceptors (Lipinski definition) is 4. The quantitative estimate of drug-likeness (QED) is 0.659. The van der Waals surface area contributed by atoms with Crippen LogP contribution in [0.3, 0.4) is 0 Å². The van der Waals surface area contributed by atoms with Crippen molar-refractivity contribution in [2.75, 3.05) is 0 Å². The van der Waals surface area contributed by atoms with Gasteiger partial charge < -0.3 is 5.32 Å². The maximum absolute atomic E-state index is 12.8. The molecule has 0 saturated heterocycles. The van der Waals surface area contributed by atoms with E-state index in [1.54, 1.807) is 49.6 Å². The van der Waals surface area contributed by atoms with Crippen LogP contribution in [-0.2, 0) is 0 Å². The molecule has 1 amide bonds. The van der Waals surface area contributed by atoms with Gasteiger partial charge in [0.15, 0.2) is 0 Å². The Hall–Kier alpha value is -2.94. The van der Waals surface area contributed by atoms with E-state index in [4.69, 9.17) is 28.5 Å². The van der Waals surface area contributed by atoms with Crippen LogP contribution in [0, 0.1) is 18.3 Å². The van der Waals surface area contributed by atoms with Gasteiger partial charge in [0.05, 0.1) is 17.7 Å². The van der Waals surface area contributed by atoms with Gasteiger partial charge in [-0.05, 0) is 60.0 Å². The molecule has 3 rings (SSSR count). The van der Waals surface area contributed by atoms with Crippen molar-refractivity contribution in [2.45, 2.75) is 13.0 Å². The van der Waals surface area contributed by atoms with Gasteiger partial charge in [-0.15, -0.1) is 0 Å². The number of benzene rings is 2. The predicted octanol–water partition coefficient (Wildman–Crippen LogP) is 4.48. The summed E-state index contributed by atoms with van der Waals surface area (Å²) in [5, 5.41) is 12.8. The minimum absolute atomic E-state index is 0.127. The second kappa shape index (κ2) is 8.17. The highest BCUT2D eigenvalue weighted by Gasteiger charge is 2.19. The van der Waals surface area contributed by atoms with Crippen LogP contribution in [-0.4, -0.2) is 15.9 Å². The van der Waals surface area contributed by atoms with Gasteiger partial charge in [-0.3, -0.25) is 4.79 Å². The van der Waals surface area contributed by atoms with E-state index in [0.717, 1.165) is 11.1 Å². The average Bonchev–Trinajstić information content (AvgIpc) is 2.67. The summed E-state index contributed by atoms with van der Waals surface area (Å²) in [6, 6.07) is 13.7. The zero-order valence-corrected chi connectivity index (χ0v) is 15.8. The van der Waals surface area contributed by atoms with E-state index in [9.17, 15) is 4.79 Å². The van der Waals surface area contributed by atoms with Crippen molar-refractivity contribution in [1.29, 1.82) is 5.26 Å². The van der Waals surface area contributed by atoms with Crippen LogP contribution in [0.15, 0.2) is 54.9 Å². The van der Waals surface area contributed by atoms with Gasteiger partial charge in [-0.25, -0.2) is 9.97 Å². The third-order valence-electron chi connectivity index (χ3n) is 4.06. The molecule has 0 aliphatic carbocycles. The van der Waals surface area contributed by atoms with Gasteiger partial charge in [0.1, 0.15) is 0 Å². The monoisotopic (exact) mass is 396 g/mol. The summed E-state index contributed by atoms with van der Waals surface area (Å²) in [6.45, 7) is 1.79. The minimum Gasteiger partial charge on any atom is -0.341 e. The van der Waals surface area contributed by atoms with Crippen molar-refractivity contribution in [1.82, 2.24) is 15.3 Å². The first-order valence-corrected chi connectivity index (χ1v) is 8.78. The highest BCUT2D eigenvalue weighted by Crippen LogP contribution is 2.24. The third kappa shape index (κ3) is 4.43. The first kappa shape index (κ1) is 18.8. The smallest absolute Gasteiger partial charge is 0.252 e. The Morgan fingerprint density at radius 3 is 2.33 bits per heavy atom.